The van der Waals surface area contributed by atoms with Crippen molar-refractivity contribution >= 4 is 10.8 Å². The minimum absolute atomic E-state index is 0.213. The molecule has 1 aliphatic rings. The normalized spacial score (nSPS) is 18.7. The topological polar surface area (TPSA) is 27.7 Å². The minimum Gasteiger partial charge on any atom is -0.385 e. The molecule has 0 unspecified atom stereocenters. The van der Waals surface area contributed by atoms with Crippen LogP contribution >= 0.6 is 0 Å². The Morgan fingerprint density at radius 1 is 0.818 bits per heavy atom. The highest BCUT2D eigenvalue weighted by molar-refractivity contribution is 5.84. The number of fused-ring (bicyclic) bond motifs is 1. The van der Waals surface area contributed by atoms with Crippen LogP contribution in [0.5, 0.6) is 0 Å². The van der Waals surface area contributed by atoms with Gasteiger partial charge in [0.25, 0.3) is 0 Å². The number of hydrogen-bond acceptors (Lipinski definition) is 3. The number of hydrogen-bond donors (Lipinski definition) is 0. The molecule has 176 valence electrons. The van der Waals surface area contributed by atoms with E-state index in [1.54, 1.807) is 13.2 Å². The second kappa shape index (κ2) is 11.1. The molecule has 1 heterocycles. The molecule has 1 aliphatic heterocycles. The van der Waals surface area contributed by atoms with Crippen LogP contribution in [0.25, 0.3) is 10.8 Å². The lowest BCUT2D eigenvalue weighted by molar-refractivity contribution is -0.204. The van der Waals surface area contributed by atoms with Gasteiger partial charge in [-0.3, -0.25) is 0 Å². The van der Waals surface area contributed by atoms with E-state index in [9.17, 15) is 8.78 Å². The minimum atomic E-state index is -0.881. The van der Waals surface area contributed by atoms with Gasteiger partial charge in [-0.15, -0.1) is 0 Å². The van der Waals surface area contributed by atoms with E-state index in [1.165, 1.54) is 12.1 Å². The number of rotatable bonds is 9. The van der Waals surface area contributed by atoms with Gasteiger partial charge >= 0.3 is 0 Å². The zero-order chi connectivity index (χ0) is 23.2. The summed E-state index contributed by atoms with van der Waals surface area (Å²) in [7, 11) is 1.69. The van der Waals surface area contributed by atoms with Crippen LogP contribution in [0.2, 0.25) is 0 Å². The van der Waals surface area contributed by atoms with Crippen molar-refractivity contribution in [1.82, 2.24) is 0 Å². The first kappa shape index (κ1) is 23.7. The molecule has 0 radical (unpaired) electrons. The van der Waals surface area contributed by atoms with E-state index in [0.717, 1.165) is 36.3 Å². The van der Waals surface area contributed by atoms with Crippen LogP contribution in [0.3, 0.4) is 0 Å². The lowest BCUT2D eigenvalue weighted by Crippen LogP contribution is -2.32. The lowest BCUT2D eigenvalue weighted by Gasteiger charge is -2.29. The van der Waals surface area contributed by atoms with Crippen molar-refractivity contribution in [3.05, 3.63) is 82.7 Å². The van der Waals surface area contributed by atoms with E-state index in [-0.39, 0.29) is 12.1 Å². The highest BCUT2D eigenvalue weighted by Crippen LogP contribution is 2.25. The molecular formula is C27H29F3O3. The first-order chi connectivity index (χ1) is 16.0. The summed E-state index contributed by atoms with van der Waals surface area (Å²) in [5.41, 5.74) is 2.30. The van der Waals surface area contributed by atoms with Crippen LogP contribution in [-0.2, 0) is 33.5 Å². The third kappa shape index (κ3) is 6.14. The molecule has 1 fully saturated rings. The molecule has 0 atom stereocenters. The van der Waals surface area contributed by atoms with Gasteiger partial charge in [-0.1, -0.05) is 36.4 Å². The molecule has 0 aromatic heterocycles. The Labute approximate surface area is 192 Å². The number of ether oxygens (including phenoxy) is 3. The molecule has 3 nitrogen and oxygen atoms in total. The van der Waals surface area contributed by atoms with Crippen LogP contribution in [0.4, 0.5) is 13.2 Å². The van der Waals surface area contributed by atoms with E-state index in [4.69, 9.17) is 14.2 Å². The van der Waals surface area contributed by atoms with Gasteiger partial charge in [0.15, 0.2) is 17.9 Å². The maximum Gasteiger partial charge on any atom is 0.159 e. The Balaban J connectivity index is 1.34. The van der Waals surface area contributed by atoms with E-state index < -0.39 is 11.6 Å². The monoisotopic (exact) mass is 458 g/mol. The molecule has 6 heteroatoms. The SMILES string of the molecule is COCCC1COC(CCc2ccc3c(F)c(CCc4ccc(F)c(F)c4)ccc3c2)OC1. The third-order valence-corrected chi connectivity index (χ3v) is 6.20. The average molecular weight is 459 g/mol. The quantitative estimate of drug-likeness (QED) is 0.394. The number of methoxy groups -OCH3 is 1. The molecule has 33 heavy (non-hydrogen) atoms. The summed E-state index contributed by atoms with van der Waals surface area (Å²) in [6.45, 7) is 2.08. The van der Waals surface area contributed by atoms with Crippen molar-refractivity contribution in [3.8, 4) is 0 Å². The van der Waals surface area contributed by atoms with Gasteiger partial charge in [0.1, 0.15) is 5.82 Å². The summed E-state index contributed by atoms with van der Waals surface area (Å²) in [4.78, 5) is 0. The molecule has 0 saturated carbocycles. The predicted octanol–water partition coefficient (Wildman–Crippen LogP) is 6.00. The highest BCUT2D eigenvalue weighted by atomic mass is 19.2. The Hall–Kier alpha value is -2.41. The van der Waals surface area contributed by atoms with Gasteiger partial charge in [0.2, 0.25) is 0 Å². The molecule has 0 amide bonds. The molecule has 3 aromatic carbocycles. The molecule has 0 bridgehead atoms. The lowest BCUT2D eigenvalue weighted by atomic mass is 9.98. The van der Waals surface area contributed by atoms with Crippen molar-refractivity contribution in [2.45, 2.75) is 38.4 Å². The summed E-state index contributed by atoms with van der Waals surface area (Å²) in [5.74, 6) is -1.64. The van der Waals surface area contributed by atoms with E-state index in [1.807, 2.05) is 24.3 Å². The summed E-state index contributed by atoms with van der Waals surface area (Å²) in [5, 5.41) is 1.40. The first-order valence-electron chi connectivity index (χ1n) is 11.4. The standard InChI is InChI=1S/C27H29F3O3/c1-31-13-12-20-16-32-26(33-17-20)11-5-18-3-9-23-22(14-18)8-7-21(27(23)30)6-2-19-4-10-24(28)25(29)15-19/h3-4,7-10,14-15,20,26H,2,5-6,11-13,16-17H2,1H3. The zero-order valence-electron chi connectivity index (χ0n) is 18.8. The largest absolute Gasteiger partial charge is 0.385 e. The third-order valence-electron chi connectivity index (χ3n) is 6.20. The average Bonchev–Trinajstić information content (AvgIpc) is 2.83. The van der Waals surface area contributed by atoms with Crippen molar-refractivity contribution in [2.75, 3.05) is 26.9 Å². The molecule has 1 saturated heterocycles. The zero-order valence-corrected chi connectivity index (χ0v) is 18.8. The van der Waals surface area contributed by atoms with E-state index >= 15 is 4.39 Å². The van der Waals surface area contributed by atoms with E-state index in [2.05, 4.69) is 0 Å². The molecule has 0 spiro atoms. The van der Waals surface area contributed by atoms with Gasteiger partial charge in [-0.05, 0) is 59.9 Å². The summed E-state index contributed by atoms with van der Waals surface area (Å²) < 4.78 is 58.3. The van der Waals surface area contributed by atoms with Crippen LogP contribution in [-0.4, -0.2) is 33.2 Å². The highest BCUT2D eigenvalue weighted by Gasteiger charge is 2.22. The Morgan fingerprint density at radius 3 is 2.33 bits per heavy atom. The van der Waals surface area contributed by atoms with Gasteiger partial charge in [0, 0.05) is 31.4 Å². The van der Waals surface area contributed by atoms with E-state index in [0.29, 0.717) is 55.1 Å². The second-order valence-electron chi connectivity index (χ2n) is 8.63. The Kier molecular flexibility index (Phi) is 8.02. The molecular weight excluding hydrogens is 429 g/mol. The maximum absolute atomic E-state index is 15.1. The van der Waals surface area contributed by atoms with Gasteiger partial charge in [-0.25, -0.2) is 13.2 Å². The molecule has 3 aromatic rings. The summed E-state index contributed by atoms with van der Waals surface area (Å²) in [6.07, 6.45) is 3.10. The summed E-state index contributed by atoms with van der Waals surface area (Å²) >= 11 is 0. The molecule has 4 rings (SSSR count). The molecule has 0 aliphatic carbocycles. The van der Waals surface area contributed by atoms with Gasteiger partial charge in [-0.2, -0.15) is 0 Å². The number of aryl methyl sites for hydroxylation is 3. The smallest absolute Gasteiger partial charge is 0.159 e. The second-order valence-corrected chi connectivity index (χ2v) is 8.63. The van der Waals surface area contributed by atoms with Crippen molar-refractivity contribution in [3.63, 3.8) is 0 Å². The fraction of sp³-hybridized carbons (Fsp3) is 0.407. The van der Waals surface area contributed by atoms with Crippen LogP contribution < -0.4 is 0 Å². The fourth-order valence-corrected chi connectivity index (χ4v) is 4.19. The Morgan fingerprint density at radius 2 is 1.58 bits per heavy atom. The van der Waals surface area contributed by atoms with Gasteiger partial charge in [0.05, 0.1) is 13.2 Å². The van der Waals surface area contributed by atoms with Crippen LogP contribution in [0.1, 0.15) is 29.5 Å². The Bertz CT molecular complexity index is 1080. The predicted molar refractivity (Wildman–Crippen MR) is 122 cm³/mol. The van der Waals surface area contributed by atoms with Crippen molar-refractivity contribution < 1.29 is 27.4 Å². The van der Waals surface area contributed by atoms with Crippen LogP contribution in [0, 0.1) is 23.4 Å². The fourth-order valence-electron chi connectivity index (χ4n) is 4.19. The first-order valence-corrected chi connectivity index (χ1v) is 11.4. The number of halogens is 3. The molecule has 0 N–H and O–H groups in total. The number of benzene rings is 3. The van der Waals surface area contributed by atoms with Crippen molar-refractivity contribution in [2.24, 2.45) is 5.92 Å². The van der Waals surface area contributed by atoms with Gasteiger partial charge < -0.3 is 14.2 Å². The van der Waals surface area contributed by atoms with Crippen LogP contribution in [0.15, 0.2) is 48.5 Å². The van der Waals surface area contributed by atoms with Crippen molar-refractivity contribution in [1.29, 1.82) is 0 Å². The summed E-state index contributed by atoms with van der Waals surface area (Å²) in [6, 6.07) is 13.2. The maximum atomic E-state index is 15.1.